The van der Waals surface area contributed by atoms with Crippen LogP contribution in [0.1, 0.15) is 96.5 Å². The smallest absolute Gasteiger partial charge is 0.407 e. The molecular weight excluding hydrogens is 801 g/mol. The minimum absolute atomic E-state index is 0.0158. The number of carbonyl (C=O) groups is 5. The number of nitrogens with one attached hydrogen (secondary N) is 3. The Bertz CT molecular complexity index is 1920. The number of aryl methyl sites for hydroxylation is 2. The van der Waals surface area contributed by atoms with E-state index in [-0.39, 0.29) is 45.1 Å². The van der Waals surface area contributed by atoms with Crippen LogP contribution >= 0.6 is 11.3 Å². The van der Waals surface area contributed by atoms with E-state index in [9.17, 15) is 29.1 Å². The maximum absolute atomic E-state index is 14.0. The molecule has 2 aromatic carbocycles. The SMILES string of the molecule is Cc1ncsc1-c1ccc(CNC(=O)[C@@H]2C[C@@H](O)CN2C(=O)[C@@H](NC(=O)COCCCc2ccc(CO[C@H](C)[C@H](CCC(N)=O)NC(=O)OC(C)(C)C)cc2)C(C)(C)C)cc1. The molecule has 3 aromatic rings. The Labute approximate surface area is 363 Å². The highest BCUT2D eigenvalue weighted by molar-refractivity contribution is 7.13. The van der Waals surface area contributed by atoms with Crippen LogP contribution in [-0.4, -0.2) is 100 Å². The first kappa shape index (κ1) is 48.8. The number of primary amides is 1. The summed E-state index contributed by atoms with van der Waals surface area (Å²) >= 11 is 1.57. The molecule has 6 N–H and O–H groups in total. The number of thiazole rings is 1. The molecule has 334 valence electrons. The van der Waals surface area contributed by atoms with Gasteiger partial charge in [-0.3, -0.25) is 19.2 Å². The van der Waals surface area contributed by atoms with Crippen molar-refractivity contribution in [2.24, 2.45) is 11.1 Å². The zero-order chi connectivity index (χ0) is 44.9. The van der Waals surface area contributed by atoms with E-state index in [4.69, 9.17) is 19.9 Å². The number of rotatable bonds is 20. The Morgan fingerprint density at radius 3 is 2.23 bits per heavy atom. The van der Waals surface area contributed by atoms with E-state index >= 15 is 0 Å². The van der Waals surface area contributed by atoms with Gasteiger partial charge in [-0.2, -0.15) is 0 Å². The summed E-state index contributed by atoms with van der Waals surface area (Å²) in [5, 5.41) is 19.1. The second-order valence-corrected chi connectivity index (χ2v) is 18.5. The number of hydrogen-bond acceptors (Lipinski definition) is 11. The summed E-state index contributed by atoms with van der Waals surface area (Å²) < 4.78 is 17.1. The van der Waals surface area contributed by atoms with Gasteiger partial charge in [-0.05, 0) is 81.5 Å². The third kappa shape index (κ3) is 15.8. The van der Waals surface area contributed by atoms with Crippen LogP contribution < -0.4 is 21.7 Å². The van der Waals surface area contributed by atoms with Gasteiger partial charge in [0.2, 0.25) is 23.6 Å². The van der Waals surface area contributed by atoms with E-state index in [2.05, 4.69) is 20.9 Å². The van der Waals surface area contributed by atoms with Crippen LogP contribution in [0.4, 0.5) is 4.79 Å². The standard InChI is InChI=1S/C45H64N6O9S/c1-28-39(61-27-48-28)33-17-15-31(16-18-33)23-47-41(55)36-22-34(52)24-51(36)42(56)40(44(3,4)5)50-38(54)26-58-21-9-10-30-11-13-32(14-12-30)25-59-29(2)35(19-20-37(46)53)49-43(57)60-45(6,7)8/h11-18,27,29,34-36,40,52H,9-10,19-26H2,1-8H3,(H2,46,53)(H,47,55)(H,49,57)(H,50,54)/t29-,34-,35+,36+,40-/m1/s1. The fourth-order valence-electron chi connectivity index (χ4n) is 6.85. The topological polar surface area (TPSA) is 212 Å². The number of amides is 5. The Morgan fingerprint density at radius 1 is 0.967 bits per heavy atom. The molecule has 16 heteroatoms. The molecule has 0 saturated carbocycles. The number of aliphatic hydroxyl groups excluding tert-OH is 1. The van der Waals surface area contributed by atoms with Gasteiger partial charge in [-0.1, -0.05) is 69.3 Å². The van der Waals surface area contributed by atoms with Gasteiger partial charge in [-0.25, -0.2) is 9.78 Å². The third-order valence-electron chi connectivity index (χ3n) is 10.2. The second kappa shape index (κ2) is 22.3. The number of carbonyl (C=O) groups excluding carboxylic acids is 5. The van der Waals surface area contributed by atoms with E-state index < -0.39 is 65.2 Å². The number of aromatic nitrogens is 1. The van der Waals surface area contributed by atoms with Crippen molar-refractivity contribution < 1.29 is 43.3 Å². The first-order valence-electron chi connectivity index (χ1n) is 20.8. The highest BCUT2D eigenvalue weighted by Crippen LogP contribution is 2.28. The molecule has 0 aliphatic carbocycles. The van der Waals surface area contributed by atoms with Crippen molar-refractivity contribution >= 4 is 41.1 Å². The monoisotopic (exact) mass is 864 g/mol. The number of nitrogens with two attached hydrogens (primary N) is 1. The van der Waals surface area contributed by atoms with Crippen molar-refractivity contribution in [1.29, 1.82) is 0 Å². The number of benzene rings is 2. The molecule has 5 amide bonds. The summed E-state index contributed by atoms with van der Waals surface area (Å²) in [4.78, 5) is 71.0. The third-order valence-corrected chi connectivity index (χ3v) is 11.2. The number of alkyl carbamates (subject to hydrolysis) is 1. The summed E-state index contributed by atoms with van der Waals surface area (Å²) in [6.45, 7) is 15.2. The van der Waals surface area contributed by atoms with Crippen molar-refractivity contribution in [2.45, 2.75) is 137 Å². The predicted molar refractivity (Wildman–Crippen MR) is 233 cm³/mol. The van der Waals surface area contributed by atoms with Crippen LogP contribution in [-0.2, 0) is 53.0 Å². The van der Waals surface area contributed by atoms with Crippen LogP contribution in [0.3, 0.4) is 0 Å². The molecule has 0 bridgehead atoms. The van der Waals surface area contributed by atoms with Crippen molar-refractivity contribution in [3.63, 3.8) is 0 Å². The van der Waals surface area contributed by atoms with Crippen molar-refractivity contribution in [2.75, 3.05) is 19.8 Å². The van der Waals surface area contributed by atoms with E-state index in [1.807, 2.05) is 88.7 Å². The highest BCUT2D eigenvalue weighted by atomic mass is 32.1. The lowest BCUT2D eigenvalue weighted by Gasteiger charge is -2.35. The van der Waals surface area contributed by atoms with Crippen molar-refractivity contribution in [3.8, 4) is 10.4 Å². The number of likely N-dealkylation sites (tertiary alicyclic amines) is 1. The lowest BCUT2D eigenvalue weighted by atomic mass is 9.85. The molecule has 61 heavy (non-hydrogen) atoms. The molecule has 0 radical (unpaired) electrons. The van der Waals surface area contributed by atoms with Crippen LogP contribution in [0.15, 0.2) is 54.0 Å². The first-order chi connectivity index (χ1) is 28.7. The van der Waals surface area contributed by atoms with Gasteiger partial charge in [0, 0.05) is 32.5 Å². The lowest BCUT2D eigenvalue weighted by Crippen LogP contribution is -2.58. The van der Waals surface area contributed by atoms with Crippen LogP contribution in [0.5, 0.6) is 0 Å². The zero-order valence-corrected chi connectivity index (χ0v) is 37.6. The quantitative estimate of drug-likeness (QED) is 0.0966. The molecule has 1 fully saturated rings. The van der Waals surface area contributed by atoms with Crippen LogP contribution in [0, 0.1) is 12.3 Å². The molecule has 5 atom stereocenters. The number of hydrogen-bond donors (Lipinski definition) is 5. The van der Waals surface area contributed by atoms with Gasteiger partial charge >= 0.3 is 6.09 Å². The zero-order valence-electron chi connectivity index (χ0n) is 36.7. The Hall–Kier alpha value is -4.90. The number of β-amino-alcohol motifs (C(OH)–C–C–N with tert-alkyl or cyclic N) is 1. The minimum atomic E-state index is -0.959. The summed E-state index contributed by atoms with van der Waals surface area (Å²) in [5.74, 6) is -1.74. The molecule has 1 aromatic heterocycles. The Balaban J connectivity index is 1.20. The molecular formula is C45H64N6O9S. The van der Waals surface area contributed by atoms with E-state index in [0.717, 1.165) is 32.8 Å². The van der Waals surface area contributed by atoms with Crippen molar-refractivity contribution in [1.82, 2.24) is 25.8 Å². The van der Waals surface area contributed by atoms with E-state index in [1.165, 1.54) is 4.90 Å². The van der Waals surface area contributed by atoms with E-state index in [0.29, 0.717) is 25.9 Å². The minimum Gasteiger partial charge on any atom is -0.444 e. The fraction of sp³-hybridized carbons (Fsp3) is 0.556. The molecule has 1 aliphatic rings. The van der Waals surface area contributed by atoms with Gasteiger partial charge in [0.05, 0.1) is 40.9 Å². The van der Waals surface area contributed by atoms with E-state index in [1.54, 1.807) is 32.1 Å². The summed E-state index contributed by atoms with van der Waals surface area (Å²) in [5.41, 5.74) is 10.7. The van der Waals surface area contributed by atoms with Gasteiger partial charge in [0.25, 0.3) is 0 Å². The molecule has 4 rings (SSSR count). The average Bonchev–Trinajstić information content (AvgIpc) is 3.80. The van der Waals surface area contributed by atoms with Gasteiger partial charge in [0.1, 0.15) is 24.3 Å². The summed E-state index contributed by atoms with van der Waals surface area (Å²) in [6.07, 6.45) is -0.0354. The summed E-state index contributed by atoms with van der Waals surface area (Å²) in [7, 11) is 0. The fourth-order valence-corrected chi connectivity index (χ4v) is 7.66. The maximum Gasteiger partial charge on any atom is 0.407 e. The largest absolute Gasteiger partial charge is 0.444 e. The van der Waals surface area contributed by atoms with Crippen molar-refractivity contribution in [3.05, 3.63) is 76.4 Å². The highest BCUT2D eigenvalue weighted by Gasteiger charge is 2.44. The molecule has 1 aliphatic heterocycles. The molecule has 0 unspecified atom stereocenters. The Kier molecular flexibility index (Phi) is 17.8. The lowest BCUT2D eigenvalue weighted by molar-refractivity contribution is -0.144. The predicted octanol–water partition coefficient (Wildman–Crippen LogP) is 4.94. The molecule has 2 heterocycles. The average molecular weight is 865 g/mol. The first-order valence-corrected chi connectivity index (χ1v) is 21.7. The normalized spacial score (nSPS) is 17.0. The molecule has 1 saturated heterocycles. The van der Waals surface area contributed by atoms with Gasteiger partial charge in [-0.15, -0.1) is 11.3 Å². The number of nitrogens with zero attached hydrogens (tertiary/aromatic N) is 2. The maximum atomic E-state index is 14.0. The number of aliphatic hydroxyl groups is 1. The summed E-state index contributed by atoms with van der Waals surface area (Å²) in [6, 6.07) is 13.4. The van der Waals surface area contributed by atoms with Crippen LogP contribution in [0.2, 0.25) is 0 Å². The van der Waals surface area contributed by atoms with Gasteiger partial charge < -0.3 is 45.9 Å². The number of ether oxygens (including phenoxy) is 3. The van der Waals surface area contributed by atoms with Crippen LogP contribution in [0.25, 0.3) is 10.4 Å². The molecule has 15 nitrogen and oxygen atoms in total. The second-order valence-electron chi connectivity index (χ2n) is 17.7. The molecule has 0 spiro atoms. The Morgan fingerprint density at radius 2 is 1.62 bits per heavy atom. The van der Waals surface area contributed by atoms with Gasteiger partial charge in [0.15, 0.2) is 0 Å².